The molecule has 2 atom stereocenters. The second kappa shape index (κ2) is 8.93. The molecule has 1 aromatic carbocycles. The van der Waals surface area contributed by atoms with Crippen LogP contribution in [0.5, 0.6) is 5.75 Å². The first-order valence-corrected chi connectivity index (χ1v) is 9.77. The molecular weight excluding hydrogens is 366 g/mol. The van der Waals surface area contributed by atoms with Crippen LogP contribution in [-0.2, 0) is 16.0 Å². The molecular formula is C20H28ClN3O3. The van der Waals surface area contributed by atoms with Crippen molar-refractivity contribution in [3.63, 3.8) is 0 Å². The molecule has 148 valence electrons. The Hall–Kier alpha value is -1.79. The molecule has 0 saturated carbocycles. The van der Waals surface area contributed by atoms with Crippen molar-refractivity contribution in [2.75, 3.05) is 25.0 Å². The molecule has 2 fully saturated rings. The van der Waals surface area contributed by atoms with Crippen LogP contribution in [0.1, 0.15) is 44.1 Å². The SMILES string of the molecule is Cl.O=C1CCc2cc(OCCCC(=O)N3CCC4CCC(C3)N4)ccc2N1. The molecule has 3 aliphatic rings. The molecule has 27 heavy (non-hydrogen) atoms. The van der Waals surface area contributed by atoms with E-state index in [1.165, 1.54) is 12.8 Å². The van der Waals surface area contributed by atoms with Gasteiger partial charge in [0.2, 0.25) is 11.8 Å². The number of ether oxygens (including phenoxy) is 1. The van der Waals surface area contributed by atoms with Gasteiger partial charge in [0.1, 0.15) is 5.75 Å². The summed E-state index contributed by atoms with van der Waals surface area (Å²) in [5, 5.41) is 6.48. The number of carbonyl (C=O) groups is 2. The van der Waals surface area contributed by atoms with E-state index in [4.69, 9.17) is 4.74 Å². The van der Waals surface area contributed by atoms with Gasteiger partial charge in [-0.25, -0.2) is 0 Å². The molecule has 2 N–H and O–H groups in total. The highest BCUT2D eigenvalue weighted by Gasteiger charge is 2.30. The first kappa shape index (κ1) is 20.0. The maximum absolute atomic E-state index is 12.5. The van der Waals surface area contributed by atoms with E-state index in [2.05, 4.69) is 10.6 Å². The summed E-state index contributed by atoms with van der Waals surface area (Å²) in [4.78, 5) is 25.9. The van der Waals surface area contributed by atoms with Crippen LogP contribution in [0.3, 0.4) is 0 Å². The summed E-state index contributed by atoms with van der Waals surface area (Å²) < 4.78 is 5.81. The maximum atomic E-state index is 12.5. The molecule has 1 aromatic rings. The third-order valence-electron chi connectivity index (χ3n) is 5.65. The molecule has 0 radical (unpaired) electrons. The lowest BCUT2D eigenvalue weighted by molar-refractivity contribution is -0.131. The van der Waals surface area contributed by atoms with Gasteiger partial charge in [-0.05, 0) is 55.9 Å². The second-order valence-corrected chi connectivity index (χ2v) is 7.59. The van der Waals surface area contributed by atoms with Crippen molar-refractivity contribution in [1.29, 1.82) is 0 Å². The van der Waals surface area contributed by atoms with Gasteiger partial charge in [0.25, 0.3) is 0 Å². The monoisotopic (exact) mass is 393 g/mol. The van der Waals surface area contributed by atoms with Gasteiger partial charge in [-0.3, -0.25) is 9.59 Å². The topological polar surface area (TPSA) is 70.7 Å². The largest absolute Gasteiger partial charge is 0.494 e. The number of nitrogens with one attached hydrogen (secondary N) is 2. The molecule has 0 aliphatic carbocycles. The number of hydrogen-bond acceptors (Lipinski definition) is 4. The Kier molecular flexibility index (Phi) is 6.60. The lowest BCUT2D eigenvalue weighted by Gasteiger charge is -2.24. The number of benzene rings is 1. The number of hydrogen-bond donors (Lipinski definition) is 2. The van der Waals surface area contributed by atoms with Crippen LogP contribution >= 0.6 is 12.4 Å². The van der Waals surface area contributed by atoms with Gasteiger partial charge in [-0.2, -0.15) is 0 Å². The summed E-state index contributed by atoms with van der Waals surface area (Å²) in [5.74, 6) is 1.13. The van der Waals surface area contributed by atoms with E-state index in [9.17, 15) is 9.59 Å². The van der Waals surface area contributed by atoms with Crippen molar-refractivity contribution in [2.45, 2.75) is 57.0 Å². The first-order chi connectivity index (χ1) is 12.7. The van der Waals surface area contributed by atoms with Crippen LogP contribution < -0.4 is 15.4 Å². The van der Waals surface area contributed by atoms with Crippen molar-refractivity contribution >= 4 is 29.9 Å². The highest BCUT2D eigenvalue weighted by atomic mass is 35.5. The van der Waals surface area contributed by atoms with E-state index in [1.54, 1.807) is 0 Å². The van der Waals surface area contributed by atoms with E-state index in [-0.39, 0.29) is 24.2 Å². The highest BCUT2D eigenvalue weighted by molar-refractivity contribution is 5.94. The number of nitrogens with zero attached hydrogens (tertiary/aromatic N) is 1. The molecule has 2 saturated heterocycles. The Morgan fingerprint density at radius 3 is 2.93 bits per heavy atom. The van der Waals surface area contributed by atoms with Crippen LogP contribution in [-0.4, -0.2) is 48.5 Å². The zero-order chi connectivity index (χ0) is 17.9. The van der Waals surface area contributed by atoms with Crippen LogP contribution in [0.25, 0.3) is 0 Å². The Bertz CT molecular complexity index is 697. The summed E-state index contributed by atoms with van der Waals surface area (Å²) in [6.45, 7) is 2.27. The normalized spacial score (nSPS) is 23.7. The fourth-order valence-electron chi connectivity index (χ4n) is 4.19. The number of aryl methyl sites for hydroxylation is 1. The molecule has 6 nitrogen and oxygen atoms in total. The Labute approximate surface area is 166 Å². The van der Waals surface area contributed by atoms with Crippen molar-refractivity contribution in [3.8, 4) is 5.75 Å². The van der Waals surface area contributed by atoms with Gasteiger partial charge in [0.15, 0.2) is 0 Å². The third kappa shape index (κ3) is 4.93. The van der Waals surface area contributed by atoms with Crippen LogP contribution in [0.4, 0.5) is 5.69 Å². The van der Waals surface area contributed by atoms with Crippen molar-refractivity contribution in [3.05, 3.63) is 23.8 Å². The molecule has 2 amide bonds. The number of anilines is 1. The Balaban J connectivity index is 0.00000210. The number of likely N-dealkylation sites (tertiary alicyclic amines) is 1. The predicted octanol–water partition coefficient (Wildman–Crippen LogP) is 2.50. The first-order valence-electron chi connectivity index (χ1n) is 9.77. The summed E-state index contributed by atoms with van der Waals surface area (Å²) in [7, 11) is 0. The van der Waals surface area contributed by atoms with Crippen molar-refractivity contribution in [2.24, 2.45) is 0 Å². The van der Waals surface area contributed by atoms with Crippen LogP contribution in [0.2, 0.25) is 0 Å². The molecule has 0 spiro atoms. The van der Waals surface area contributed by atoms with E-state index in [1.807, 2.05) is 23.1 Å². The van der Waals surface area contributed by atoms with E-state index in [0.29, 0.717) is 31.5 Å². The number of halogens is 1. The lowest BCUT2D eigenvalue weighted by Crippen LogP contribution is -2.39. The van der Waals surface area contributed by atoms with E-state index < -0.39 is 0 Å². The molecule has 3 aliphatic heterocycles. The fourth-order valence-corrected chi connectivity index (χ4v) is 4.19. The van der Waals surface area contributed by atoms with Gasteiger partial charge < -0.3 is 20.3 Å². The number of amides is 2. The van der Waals surface area contributed by atoms with Crippen molar-refractivity contribution < 1.29 is 14.3 Å². The lowest BCUT2D eigenvalue weighted by atomic mass is 10.0. The zero-order valence-electron chi connectivity index (χ0n) is 15.5. The number of rotatable bonds is 5. The van der Waals surface area contributed by atoms with Gasteiger partial charge in [0, 0.05) is 43.7 Å². The predicted molar refractivity (Wildman–Crippen MR) is 107 cm³/mol. The van der Waals surface area contributed by atoms with Gasteiger partial charge in [-0.1, -0.05) is 0 Å². The van der Waals surface area contributed by atoms with Crippen molar-refractivity contribution in [1.82, 2.24) is 10.2 Å². The minimum absolute atomic E-state index is 0. The molecule has 2 bridgehead atoms. The smallest absolute Gasteiger partial charge is 0.224 e. The van der Waals surface area contributed by atoms with E-state index in [0.717, 1.165) is 49.4 Å². The Morgan fingerprint density at radius 1 is 1.19 bits per heavy atom. The zero-order valence-corrected chi connectivity index (χ0v) is 16.4. The minimum Gasteiger partial charge on any atom is -0.494 e. The van der Waals surface area contributed by atoms with Crippen LogP contribution in [0, 0.1) is 0 Å². The molecule has 3 heterocycles. The van der Waals surface area contributed by atoms with Crippen LogP contribution in [0.15, 0.2) is 18.2 Å². The summed E-state index contributed by atoms with van der Waals surface area (Å²) in [6, 6.07) is 6.86. The standard InChI is InChI=1S/C20H27N3O3.ClH/c24-19-8-3-14-12-17(6-7-18(14)22-19)26-11-1-2-20(25)23-10-9-15-4-5-16(13-23)21-15;/h6-7,12,15-16,21H,1-5,8-11,13H2,(H,22,24);1H. The number of fused-ring (bicyclic) bond motifs is 3. The average molecular weight is 394 g/mol. The van der Waals surface area contributed by atoms with E-state index >= 15 is 0 Å². The minimum atomic E-state index is 0. The Morgan fingerprint density at radius 2 is 2.04 bits per heavy atom. The highest BCUT2D eigenvalue weighted by Crippen LogP contribution is 2.27. The maximum Gasteiger partial charge on any atom is 0.224 e. The average Bonchev–Trinajstić information content (AvgIpc) is 2.97. The van der Waals surface area contributed by atoms with Gasteiger partial charge in [0.05, 0.1) is 6.61 Å². The second-order valence-electron chi connectivity index (χ2n) is 7.59. The summed E-state index contributed by atoms with van der Waals surface area (Å²) in [5.41, 5.74) is 2.00. The molecule has 4 rings (SSSR count). The molecule has 7 heteroatoms. The number of carbonyl (C=O) groups excluding carboxylic acids is 2. The van der Waals surface area contributed by atoms with Gasteiger partial charge >= 0.3 is 0 Å². The quantitative estimate of drug-likeness (QED) is 0.754. The van der Waals surface area contributed by atoms with Gasteiger partial charge in [-0.15, -0.1) is 12.4 Å². The molecule has 0 aromatic heterocycles. The molecule has 2 unspecified atom stereocenters. The third-order valence-corrected chi connectivity index (χ3v) is 5.65. The fraction of sp³-hybridized carbons (Fsp3) is 0.600. The summed E-state index contributed by atoms with van der Waals surface area (Å²) >= 11 is 0. The summed E-state index contributed by atoms with van der Waals surface area (Å²) in [6.07, 6.45) is 6.06.